The molecule has 2 unspecified atom stereocenters. The van der Waals surface area contributed by atoms with Crippen LogP contribution in [0, 0.1) is 11.7 Å². The van der Waals surface area contributed by atoms with E-state index in [9.17, 15) is 4.39 Å². The van der Waals surface area contributed by atoms with E-state index >= 15 is 0 Å². The van der Waals surface area contributed by atoms with Crippen LogP contribution in [0.2, 0.25) is 10.0 Å². The van der Waals surface area contributed by atoms with Crippen LogP contribution in [0.3, 0.4) is 0 Å². The summed E-state index contributed by atoms with van der Waals surface area (Å²) in [6, 6.07) is 19.1. The van der Waals surface area contributed by atoms with Crippen molar-refractivity contribution in [2.24, 2.45) is 10.9 Å². The molecule has 0 saturated heterocycles. The number of hydrogen-bond donors (Lipinski definition) is 0. The lowest BCUT2D eigenvalue weighted by Crippen LogP contribution is -2.27. The second-order valence-corrected chi connectivity index (χ2v) is 9.96. The van der Waals surface area contributed by atoms with Gasteiger partial charge in [0, 0.05) is 22.3 Å². The van der Waals surface area contributed by atoms with Gasteiger partial charge in [0.15, 0.2) is 0 Å². The Morgan fingerprint density at radius 2 is 1.79 bits per heavy atom. The van der Waals surface area contributed by atoms with Crippen molar-refractivity contribution in [2.45, 2.75) is 38.5 Å². The summed E-state index contributed by atoms with van der Waals surface area (Å²) >= 11 is 12.9. The van der Waals surface area contributed by atoms with Crippen LogP contribution < -0.4 is 0 Å². The van der Waals surface area contributed by atoms with Gasteiger partial charge in [-0.05, 0) is 108 Å². The van der Waals surface area contributed by atoms with Crippen molar-refractivity contribution < 1.29 is 4.39 Å². The van der Waals surface area contributed by atoms with Gasteiger partial charge < -0.3 is 0 Å². The SMILES string of the molecule is CC(=NCCC1=CC2CCC2c2c(Cl)cc(Cl)cc21)c1cccc(Cc2cccc(F)c2)c1. The highest BCUT2D eigenvalue weighted by atomic mass is 35.5. The maximum Gasteiger partial charge on any atom is 0.123 e. The van der Waals surface area contributed by atoms with Crippen LogP contribution in [-0.4, -0.2) is 12.3 Å². The molecule has 1 fully saturated rings. The molecule has 1 saturated carbocycles. The Hall–Kier alpha value is -2.42. The maximum atomic E-state index is 13.5. The molecule has 0 aromatic heterocycles. The third-order valence-corrected chi connectivity index (χ3v) is 7.46. The van der Waals surface area contributed by atoms with E-state index in [2.05, 4.69) is 37.3 Å². The van der Waals surface area contributed by atoms with Crippen molar-refractivity contribution in [3.8, 4) is 0 Å². The topological polar surface area (TPSA) is 12.4 Å². The number of rotatable bonds is 6. The molecular weight excluding hydrogens is 452 g/mol. The first kappa shape index (κ1) is 22.4. The van der Waals surface area contributed by atoms with Crippen molar-refractivity contribution in [1.29, 1.82) is 0 Å². The van der Waals surface area contributed by atoms with Gasteiger partial charge in [-0.3, -0.25) is 4.99 Å². The van der Waals surface area contributed by atoms with E-state index in [0.717, 1.165) is 33.8 Å². The molecule has 0 bridgehead atoms. The summed E-state index contributed by atoms with van der Waals surface area (Å²) in [7, 11) is 0. The predicted molar refractivity (Wildman–Crippen MR) is 137 cm³/mol. The lowest BCUT2D eigenvalue weighted by atomic mass is 9.64. The number of aliphatic imine (C=N–C) groups is 1. The Morgan fingerprint density at radius 1 is 1.00 bits per heavy atom. The summed E-state index contributed by atoms with van der Waals surface area (Å²) in [5.41, 5.74) is 8.03. The molecule has 0 radical (unpaired) electrons. The van der Waals surface area contributed by atoms with E-state index in [-0.39, 0.29) is 5.82 Å². The first-order valence-electron chi connectivity index (χ1n) is 11.5. The van der Waals surface area contributed by atoms with Crippen molar-refractivity contribution in [2.75, 3.05) is 6.54 Å². The van der Waals surface area contributed by atoms with Crippen LogP contribution in [0.15, 0.2) is 71.7 Å². The lowest BCUT2D eigenvalue weighted by Gasteiger charge is -2.41. The molecule has 0 amide bonds. The van der Waals surface area contributed by atoms with E-state index in [1.165, 1.54) is 35.6 Å². The minimum Gasteiger partial charge on any atom is -0.289 e. The smallest absolute Gasteiger partial charge is 0.123 e. The van der Waals surface area contributed by atoms with E-state index in [1.54, 1.807) is 12.1 Å². The number of allylic oxidation sites excluding steroid dienone is 1. The maximum absolute atomic E-state index is 13.5. The molecule has 0 spiro atoms. The standard InChI is InChI=1S/C29H26Cl2FN/c1-18(21-6-2-4-19(13-21)12-20-5-3-7-25(32)14-20)33-11-10-23-15-22-8-9-26(22)29-27(23)16-24(30)17-28(29)31/h2-7,13-17,22,26H,8-12H2,1H3. The van der Waals surface area contributed by atoms with Gasteiger partial charge in [0.05, 0.1) is 0 Å². The highest BCUT2D eigenvalue weighted by Crippen LogP contribution is 2.53. The van der Waals surface area contributed by atoms with Gasteiger partial charge in [0.2, 0.25) is 0 Å². The average molecular weight is 478 g/mol. The molecule has 0 aliphatic heterocycles. The van der Waals surface area contributed by atoms with Gasteiger partial charge >= 0.3 is 0 Å². The molecule has 3 aromatic rings. The first-order chi connectivity index (χ1) is 16.0. The normalized spacial score (nSPS) is 19.4. The average Bonchev–Trinajstić information content (AvgIpc) is 2.76. The zero-order valence-corrected chi connectivity index (χ0v) is 20.1. The van der Waals surface area contributed by atoms with Crippen molar-refractivity contribution in [3.63, 3.8) is 0 Å². The van der Waals surface area contributed by atoms with Gasteiger partial charge in [0.25, 0.3) is 0 Å². The summed E-state index contributed by atoms with van der Waals surface area (Å²) in [6.07, 6.45) is 6.42. The zero-order valence-electron chi connectivity index (χ0n) is 18.6. The Labute approximate surface area is 205 Å². The predicted octanol–water partition coefficient (Wildman–Crippen LogP) is 8.51. The van der Waals surface area contributed by atoms with Crippen LogP contribution >= 0.6 is 23.2 Å². The molecule has 2 aliphatic rings. The van der Waals surface area contributed by atoms with E-state index in [1.807, 2.05) is 18.2 Å². The molecule has 0 heterocycles. The fraction of sp³-hybridized carbons (Fsp3) is 0.276. The van der Waals surface area contributed by atoms with Crippen molar-refractivity contribution in [1.82, 2.24) is 0 Å². The van der Waals surface area contributed by atoms with E-state index in [4.69, 9.17) is 28.2 Å². The molecule has 33 heavy (non-hydrogen) atoms. The van der Waals surface area contributed by atoms with Gasteiger partial charge in [-0.1, -0.05) is 59.6 Å². The zero-order chi connectivity index (χ0) is 22.9. The Kier molecular flexibility index (Phi) is 6.40. The monoisotopic (exact) mass is 477 g/mol. The number of fused-ring (bicyclic) bond motifs is 3. The quantitative estimate of drug-likeness (QED) is 0.315. The first-order valence-corrected chi connectivity index (χ1v) is 12.3. The van der Waals surface area contributed by atoms with Crippen molar-refractivity contribution in [3.05, 3.63) is 110 Å². The molecule has 0 N–H and O–H groups in total. The fourth-order valence-corrected chi connectivity index (χ4v) is 5.74. The lowest BCUT2D eigenvalue weighted by molar-refractivity contribution is 0.312. The van der Waals surface area contributed by atoms with Crippen LogP contribution in [0.4, 0.5) is 4.39 Å². The Bertz CT molecular complexity index is 1260. The highest BCUT2D eigenvalue weighted by Gasteiger charge is 2.37. The summed E-state index contributed by atoms with van der Waals surface area (Å²) < 4.78 is 13.5. The third-order valence-electron chi connectivity index (χ3n) is 6.93. The van der Waals surface area contributed by atoms with Gasteiger partial charge in [-0.2, -0.15) is 0 Å². The number of halogens is 3. The van der Waals surface area contributed by atoms with Crippen LogP contribution in [-0.2, 0) is 6.42 Å². The molecule has 4 heteroatoms. The summed E-state index contributed by atoms with van der Waals surface area (Å²) in [6.45, 7) is 2.77. The van der Waals surface area contributed by atoms with Gasteiger partial charge in [-0.25, -0.2) is 4.39 Å². The summed E-state index contributed by atoms with van der Waals surface area (Å²) in [5.74, 6) is 0.936. The summed E-state index contributed by atoms with van der Waals surface area (Å²) in [5, 5.41) is 1.49. The second kappa shape index (κ2) is 9.44. The molecule has 1 nitrogen and oxygen atoms in total. The Morgan fingerprint density at radius 3 is 2.55 bits per heavy atom. The summed E-state index contributed by atoms with van der Waals surface area (Å²) in [4.78, 5) is 4.88. The molecule has 3 aromatic carbocycles. The third kappa shape index (κ3) is 4.78. The minimum absolute atomic E-state index is 0.198. The number of benzene rings is 3. The van der Waals surface area contributed by atoms with Gasteiger partial charge in [0.1, 0.15) is 5.82 Å². The van der Waals surface area contributed by atoms with E-state index < -0.39 is 0 Å². The number of nitrogens with zero attached hydrogens (tertiary/aromatic N) is 1. The second-order valence-electron chi connectivity index (χ2n) is 9.11. The molecule has 2 aliphatic carbocycles. The van der Waals surface area contributed by atoms with E-state index in [0.29, 0.717) is 29.8 Å². The van der Waals surface area contributed by atoms with Crippen LogP contribution in [0.25, 0.3) is 5.57 Å². The van der Waals surface area contributed by atoms with Crippen molar-refractivity contribution >= 4 is 34.5 Å². The molecule has 168 valence electrons. The number of hydrogen-bond acceptors (Lipinski definition) is 1. The Balaban J connectivity index is 1.30. The largest absolute Gasteiger partial charge is 0.289 e. The molecule has 5 rings (SSSR count). The van der Waals surface area contributed by atoms with Crippen LogP contribution in [0.5, 0.6) is 0 Å². The highest BCUT2D eigenvalue weighted by molar-refractivity contribution is 6.35. The molecule has 2 atom stereocenters. The van der Waals surface area contributed by atoms with Gasteiger partial charge in [-0.15, -0.1) is 0 Å². The van der Waals surface area contributed by atoms with Crippen LogP contribution in [0.1, 0.15) is 59.9 Å². The minimum atomic E-state index is -0.198. The fourth-order valence-electron chi connectivity index (χ4n) is 5.10. The molecular formula is C29H26Cl2FN.